The number of hydrogen-bond acceptors (Lipinski definition) is 6. The predicted octanol–water partition coefficient (Wildman–Crippen LogP) is 0.977. The van der Waals surface area contributed by atoms with E-state index in [2.05, 4.69) is 15.5 Å². The molecule has 8 nitrogen and oxygen atoms in total. The molecule has 0 saturated carbocycles. The van der Waals surface area contributed by atoms with Crippen molar-refractivity contribution < 1.29 is 17.7 Å². The number of carbonyl (C=O) groups is 1. The quantitative estimate of drug-likeness (QED) is 0.831. The van der Waals surface area contributed by atoms with Gasteiger partial charge in [0.15, 0.2) is 0 Å². The number of aromatic nitrogens is 2. The smallest absolute Gasteiger partial charge is 0.253 e. The first-order valence-electron chi connectivity index (χ1n) is 8.38. The average molecular weight is 378 g/mol. The molecule has 1 N–H and O–H groups in total. The maximum atomic E-state index is 12.6. The molecular weight excluding hydrogens is 356 g/mol. The Morgan fingerprint density at radius 3 is 2.77 bits per heavy atom. The van der Waals surface area contributed by atoms with Crippen molar-refractivity contribution >= 4 is 15.9 Å². The maximum Gasteiger partial charge on any atom is 0.253 e. The molecule has 0 spiro atoms. The highest BCUT2D eigenvalue weighted by Gasteiger charge is 2.26. The molecule has 2 aromatic heterocycles. The first-order valence-corrected chi connectivity index (χ1v) is 10.2. The Labute approximate surface area is 152 Å². The number of nitrogens with zero attached hydrogens (tertiary/aromatic N) is 3. The molecule has 0 aromatic carbocycles. The van der Waals surface area contributed by atoms with Crippen LogP contribution in [-0.4, -0.2) is 48.1 Å². The number of hydrogen-bond donors (Lipinski definition) is 1. The van der Waals surface area contributed by atoms with Gasteiger partial charge in [-0.2, -0.15) is 4.31 Å². The third-order valence-electron chi connectivity index (χ3n) is 4.66. The standard InChI is InChI=1S/C17H22N4O4S/c1-11-14(12(2)25-20-11)4-6-19-17(22)16-9-18-8-13-10-21(26(3,23)24)7-5-15(13)16/h8-9H,4-7,10H2,1-3H3,(H,19,22). The Morgan fingerprint density at radius 1 is 1.35 bits per heavy atom. The summed E-state index contributed by atoms with van der Waals surface area (Å²) < 4.78 is 30.0. The number of carbonyl (C=O) groups excluding carboxylic acids is 1. The molecule has 0 aliphatic carbocycles. The average Bonchev–Trinajstić information content (AvgIpc) is 2.91. The predicted molar refractivity (Wildman–Crippen MR) is 95.2 cm³/mol. The van der Waals surface area contributed by atoms with Gasteiger partial charge in [0.1, 0.15) is 5.76 Å². The second-order valence-electron chi connectivity index (χ2n) is 6.48. The molecule has 3 heterocycles. The molecule has 1 aliphatic rings. The Hall–Kier alpha value is -2.26. The minimum absolute atomic E-state index is 0.200. The first-order chi connectivity index (χ1) is 12.3. The summed E-state index contributed by atoms with van der Waals surface area (Å²) in [5.74, 6) is 0.560. The van der Waals surface area contributed by atoms with E-state index in [-0.39, 0.29) is 12.5 Å². The topological polar surface area (TPSA) is 105 Å². The number of pyridine rings is 1. The van der Waals surface area contributed by atoms with Crippen LogP contribution in [0.3, 0.4) is 0 Å². The molecule has 26 heavy (non-hydrogen) atoms. The van der Waals surface area contributed by atoms with Crippen molar-refractivity contribution in [2.45, 2.75) is 33.2 Å². The summed E-state index contributed by atoms with van der Waals surface area (Å²) in [6, 6.07) is 0. The molecule has 3 rings (SSSR count). The van der Waals surface area contributed by atoms with Crippen LogP contribution in [0.2, 0.25) is 0 Å². The van der Waals surface area contributed by atoms with E-state index in [1.165, 1.54) is 10.6 Å². The zero-order valence-electron chi connectivity index (χ0n) is 15.1. The Bertz CT molecular complexity index is 917. The van der Waals surface area contributed by atoms with E-state index in [0.29, 0.717) is 31.5 Å². The van der Waals surface area contributed by atoms with Gasteiger partial charge in [-0.05, 0) is 37.8 Å². The Morgan fingerprint density at radius 2 is 2.12 bits per heavy atom. The monoisotopic (exact) mass is 378 g/mol. The van der Waals surface area contributed by atoms with Crippen molar-refractivity contribution in [1.29, 1.82) is 0 Å². The van der Waals surface area contributed by atoms with Crippen LogP contribution in [0, 0.1) is 13.8 Å². The van der Waals surface area contributed by atoms with Gasteiger partial charge in [0.2, 0.25) is 10.0 Å². The fourth-order valence-corrected chi connectivity index (χ4v) is 4.00. The molecule has 0 bridgehead atoms. The van der Waals surface area contributed by atoms with Crippen LogP contribution >= 0.6 is 0 Å². The van der Waals surface area contributed by atoms with Crippen molar-refractivity contribution in [2.24, 2.45) is 0 Å². The number of sulfonamides is 1. The van der Waals surface area contributed by atoms with E-state index in [1.54, 1.807) is 12.4 Å². The highest BCUT2D eigenvalue weighted by atomic mass is 32.2. The molecule has 0 saturated heterocycles. The molecule has 140 valence electrons. The second-order valence-corrected chi connectivity index (χ2v) is 8.46. The fraction of sp³-hybridized carbons (Fsp3) is 0.471. The van der Waals surface area contributed by atoms with Gasteiger partial charge >= 0.3 is 0 Å². The van der Waals surface area contributed by atoms with E-state index in [0.717, 1.165) is 28.1 Å². The van der Waals surface area contributed by atoms with Crippen LogP contribution in [0.25, 0.3) is 0 Å². The molecule has 0 radical (unpaired) electrons. The second kappa shape index (κ2) is 7.16. The molecule has 1 aliphatic heterocycles. The SMILES string of the molecule is Cc1noc(C)c1CCNC(=O)c1cncc2c1CCN(S(C)(=O)=O)C2. The minimum Gasteiger partial charge on any atom is -0.361 e. The largest absolute Gasteiger partial charge is 0.361 e. The third-order valence-corrected chi connectivity index (χ3v) is 5.91. The van der Waals surface area contributed by atoms with Crippen LogP contribution < -0.4 is 5.32 Å². The summed E-state index contributed by atoms with van der Waals surface area (Å²) in [5, 5.41) is 6.81. The number of fused-ring (bicyclic) bond motifs is 1. The van der Waals surface area contributed by atoms with E-state index in [9.17, 15) is 13.2 Å². The van der Waals surface area contributed by atoms with Crippen LogP contribution in [0.5, 0.6) is 0 Å². The van der Waals surface area contributed by atoms with E-state index < -0.39 is 10.0 Å². The van der Waals surface area contributed by atoms with Gasteiger partial charge in [0, 0.05) is 37.6 Å². The van der Waals surface area contributed by atoms with Crippen LogP contribution in [0.1, 0.15) is 38.5 Å². The van der Waals surface area contributed by atoms with Gasteiger partial charge in [-0.3, -0.25) is 9.78 Å². The normalized spacial score (nSPS) is 14.9. The van der Waals surface area contributed by atoms with E-state index in [1.807, 2.05) is 13.8 Å². The zero-order chi connectivity index (χ0) is 18.9. The van der Waals surface area contributed by atoms with Gasteiger partial charge in [-0.15, -0.1) is 0 Å². The first kappa shape index (κ1) is 18.5. The van der Waals surface area contributed by atoms with Gasteiger partial charge in [0.05, 0.1) is 17.5 Å². The number of rotatable bonds is 5. The van der Waals surface area contributed by atoms with Gasteiger partial charge < -0.3 is 9.84 Å². The molecule has 1 amide bonds. The van der Waals surface area contributed by atoms with Gasteiger partial charge in [-0.25, -0.2) is 8.42 Å². The van der Waals surface area contributed by atoms with Gasteiger partial charge in [-0.1, -0.05) is 5.16 Å². The lowest BCUT2D eigenvalue weighted by molar-refractivity contribution is 0.0952. The summed E-state index contributed by atoms with van der Waals surface area (Å²) >= 11 is 0. The maximum absolute atomic E-state index is 12.6. The lowest BCUT2D eigenvalue weighted by Crippen LogP contribution is -2.37. The molecule has 0 fully saturated rings. The number of aryl methyl sites for hydroxylation is 2. The van der Waals surface area contributed by atoms with Crippen molar-refractivity contribution in [3.63, 3.8) is 0 Å². The summed E-state index contributed by atoms with van der Waals surface area (Å²) in [7, 11) is -3.26. The summed E-state index contributed by atoms with van der Waals surface area (Å²) in [4.78, 5) is 16.7. The third kappa shape index (κ3) is 3.78. The van der Waals surface area contributed by atoms with Crippen molar-refractivity contribution in [2.75, 3.05) is 19.3 Å². The highest BCUT2D eigenvalue weighted by Crippen LogP contribution is 2.23. The van der Waals surface area contributed by atoms with Crippen LogP contribution in [-0.2, 0) is 29.4 Å². The summed E-state index contributed by atoms with van der Waals surface area (Å²) in [5.41, 5.74) is 3.99. The number of amides is 1. The molecule has 9 heteroatoms. The molecule has 2 aromatic rings. The van der Waals surface area contributed by atoms with Crippen molar-refractivity contribution in [3.05, 3.63) is 46.1 Å². The van der Waals surface area contributed by atoms with E-state index >= 15 is 0 Å². The van der Waals surface area contributed by atoms with Gasteiger partial charge in [0.25, 0.3) is 5.91 Å². The van der Waals surface area contributed by atoms with Crippen LogP contribution in [0.4, 0.5) is 0 Å². The fourth-order valence-electron chi connectivity index (χ4n) is 3.20. The van der Waals surface area contributed by atoms with Crippen LogP contribution in [0.15, 0.2) is 16.9 Å². The zero-order valence-corrected chi connectivity index (χ0v) is 15.9. The lowest BCUT2D eigenvalue weighted by atomic mass is 9.98. The molecule has 0 unspecified atom stereocenters. The minimum atomic E-state index is -3.26. The summed E-state index contributed by atoms with van der Waals surface area (Å²) in [6.45, 7) is 4.80. The Kier molecular flexibility index (Phi) is 5.10. The molecule has 0 atom stereocenters. The highest BCUT2D eigenvalue weighted by molar-refractivity contribution is 7.88. The summed E-state index contributed by atoms with van der Waals surface area (Å²) in [6.07, 6.45) is 5.50. The number of nitrogens with one attached hydrogen (secondary N) is 1. The van der Waals surface area contributed by atoms with Crippen molar-refractivity contribution in [3.8, 4) is 0 Å². The van der Waals surface area contributed by atoms with Crippen molar-refractivity contribution in [1.82, 2.24) is 19.8 Å². The lowest BCUT2D eigenvalue weighted by Gasteiger charge is -2.27. The Balaban J connectivity index is 1.69. The molecular formula is C17H22N4O4S. The van der Waals surface area contributed by atoms with E-state index in [4.69, 9.17) is 4.52 Å².